The summed E-state index contributed by atoms with van der Waals surface area (Å²) in [5.74, 6) is 0. The van der Waals surface area contributed by atoms with Crippen LogP contribution in [0.15, 0.2) is 54.6 Å². The first-order valence-electron chi connectivity index (χ1n) is 6.53. The number of alkyl halides is 3. The molecule has 0 saturated carbocycles. The van der Waals surface area contributed by atoms with E-state index in [0.717, 1.165) is 11.1 Å². The van der Waals surface area contributed by atoms with Gasteiger partial charge in [0.1, 0.15) is 0 Å². The summed E-state index contributed by atoms with van der Waals surface area (Å²) in [6.45, 7) is 0. The molecule has 1 nitrogen and oxygen atoms in total. The lowest BCUT2D eigenvalue weighted by Crippen LogP contribution is -2.44. The molecule has 2 aromatic rings. The second-order valence-electron chi connectivity index (χ2n) is 5.01. The summed E-state index contributed by atoms with van der Waals surface area (Å²) in [5.41, 5.74) is 1.99. The Labute approximate surface area is 115 Å². The lowest BCUT2D eigenvalue weighted by Gasteiger charge is -2.29. The molecule has 1 aliphatic rings. The molecule has 3 rings (SSSR count). The number of hydrogen-bond donors (Lipinski definition) is 0. The first-order valence-corrected chi connectivity index (χ1v) is 6.53. The highest BCUT2D eigenvalue weighted by Gasteiger charge is 2.46. The molecule has 0 N–H and O–H groups in total. The molecule has 0 fully saturated rings. The van der Waals surface area contributed by atoms with Crippen molar-refractivity contribution in [2.24, 2.45) is 0 Å². The maximum Gasteiger partial charge on any atom is 0.485 e. The number of hydrogen-bond acceptors (Lipinski definition) is 1. The second kappa shape index (κ2) is 4.85. The Morgan fingerprint density at radius 3 is 2.30 bits per heavy atom. The van der Waals surface area contributed by atoms with Gasteiger partial charge in [-0.25, -0.2) is 0 Å². The summed E-state index contributed by atoms with van der Waals surface area (Å²) in [5, 5.41) is 0. The number of benzene rings is 2. The summed E-state index contributed by atoms with van der Waals surface area (Å²) in [6, 6.07) is 15.5. The Balaban J connectivity index is 1.92. The monoisotopic (exact) mass is 277 g/mol. The van der Waals surface area contributed by atoms with E-state index in [1.54, 1.807) is 24.3 Å². The summed E-state index contributed by atoms with van der Waals surface area (Å²) < 4.78 is 40.0. The molecule has 0 radical (unpaired) electrons. The number of nitrogens with zero attached hydrogens (tertiary/aromatic N) is 1. The summed E-state index contributed by atoms with van der Waals surface area (Å²) >= 11 is 0. The molecule has 0 bridgehead atoms. The topological polar surface area (TPSA) is 3.24 Å². The molecule has 1 atom stereocenters. The molecule has 1 unspecified atom stereocenters. The van der Waals surface area contributed by atoms with Crippen LogP contribution in [0.3, 0.4) is 0 Å². The van der Waals surface area contributed by atoms with Gasteiger partial charge in [0, 0.05) is 11.7 Å². The van der Waals surface area contributed by atoms with E-state index in [1.165, 1.54) is 0 Å². The second-order valence-corrected chi connectivity index (χ2v) is 5.01. The number of halogens is 3. The average molecular weight is 277 g/mol. The Morgan fingerprint density at radius 2 is 1.60 bits per heavy atom. The van der Waals surface area contributed by atoms with Crippen molar-refractivity contribution in [2.75, 3.05) is 4.90 Å². The van der Waals surface area contributed by atoms with Gasteiger partial charge in [0.15, 0.2) is 0 Å². The van der Waals surface area contributed by atoms with Crippen LogP contribution < -0.4 is 4.90 Å². The third-order valence-electron chi connectivity index (χ3n) is 3.66. The number of anilines is 1. The molecule has 0 saturated heterocycles. The van der Waals surface area contributed by atoms with Crippen LogP contribution in [0.25, 0.3) is 0 Å². The fourth-order valence-corrected chi connectivity index (χ4v) is 2.85. The predicted octanol–water partition coefficient (Wildman–Crippen LogP) is 4.18. The fourth-order valence-electron chi connectivity index (χ4n) is 2.85. The zero-order valence-electron chi connectivity index (χ0n) is 10.8. The number of para-hydroxylation sites is 1. The minimum Gasteiger partial charge on any atom is -0.280 e. The molecule has 0 spiro atoms. The van der Waals surface area contributed by atoms with E-state index < -0.39 is 12.3 Å². The van der Waals surface area contributed by atoms with Gasteiger partial charge in [0.2, 0.25) is 0 Å². The zero-order valence-corrected chi connectivity index (χ0v) is 10.8. The first-order chi connectivity index (χ1) is 9.55. The summed E-state index contributed by atoms with van der Waals surface area (Å²) in [7, 11) is 0. The van der Waals surface area contributed by atoms with Gasteiger partial charge in [-0.15, -0.1) is 0 Å². The van der Waals surface area contributed by atoms with Gasteiger partial charge in [0.25, 0.3) is 0 Å². The maximum absolute atomic E-state index is 13.3. The largest absolute Gasteiger partial charge is 0.485 e. The van der Waals surface area contributed by atoms with Crippen molar-refractivity contribution >= 4 is 5.69 Å². The third-order valence-corrected chi connectivity index (χ3v) is 3.66. The van der Waals surface area contributed by atoms with Crippen LogP contribution in [0.1, 0.15) is 11.1 Å². The maximum atomic E-state index is 13.3. The molecule has 4 heteroatoms. The fraction of sp³-hybridized carbons (Fsp3) is 0.250. The SMILES string of the molecule is FC(F)(F)N1c2ccccc2CC1Cc1ccccc1. The van der Waals surface area contributed by atoms with Crippen LogP contribution in [0.5, 0.6) is 0 Å². The van der Waals surface area contributed by atoms with E-state index in [9.17, 15) is 13.2 Å². The molecule has 1 heterocycles. The highest BCUT2D eigenvalue weighted by Crippen LogP contribution is 2.40. The van der Waals surface area contributed by atoms with Gasteiger partial charge in [-0.2, -0.15) is 13.2 Å². The smallest absolute Gasteiger partial charge is 0.280 e. The molecule has 0 aromatic heterocycles. The highest BCUT2D eigenvalue weighted by atomic mass is 19.4. The van der Waals surface area contributed by atoms with E-state index in [4.69, 9.17) is 0 Å². The Hall–Kier alpha value is -1.97. The predicted molar refractivity (Wildman–Crippen MR) is 72.6 cm³/mol. The van der Waals surface area contributed by atoms with E-state index in [-0.39, 0.29) is 0 Å². The molecule has 20 heavy (non-hydrogen) atoms. The van der Waals surface area contributed by atoms with E-state index >= 15 is 0 Å². The molecule has 104 valence electrons. The van der Waals surface area contributed by atoms with E-state index in [1.807, 2.05) is 30.3 Å². The minimum absolute atomic E-state index is 0.293. The number of fused-ring (bicyclic) bond motifs is 1. The Bertz CT molecular complexity index is 592. The van der Waals surface area contributed by atoms with Crippen molar-refractivity contribution in [2.45, 2.75) is 25.2 Å². The molecular formula is C16H14F3N. The van der Waals surface area contributed by atoms with Gasteiger partial charge < -0.3 is 0 Å². The van der Waals surface area contributed by atoms with Crippen molar-refractivity contribution in [1.29, 1.82) is 0 Å². The highest BCUT2D eigenvalue weighted by molar-refractivity contribution is 5.60. The molecular weight excluding hydrogens is 263 g/mol. The van der Waals surface area contributed by atoms with Crippen LogP contribution in [-0.2, 0) is 12.8 Å². The van der Waals surface area contributed by atoms with Gasteiger partial charge >= 0.3 is 6.30 Å². The standard InChI is InChI=1S/C16H14F3N/c17-16(18,19)20-14(10-12-6-2-1-3-7-12)11-13-8-4-5-9-15(13)20/h1-9,14H,10-11H2. The van der Waals surface area contributed by atoms with E-state index in [0.29, 0.717) is 23.4 Å². The molecule has 0 aliphatic carbocycles. The van der Waals surface area contributed by atoms with Crippen LogP contribution in [0.4, 0.5) is 18.9 Å². The number of rotatable bonds is 2. The normalized spacial score (nSPS) is 18.1. The van der Waals surface area contributed by atoms with Crippen molar-refractivity contribution in [1.82, 2.24) is 0 Å². The minimum atomic E-state index is -4.34. The van der Waals surface area contributed by atoms with Gasteiger partial charge in [-0.05, 0) is 30.0 Å². The van der Waals surface area contributed by atoms with Gasteiger partial charge in [0.05, 0.1) is 0 Å². The van der Waals surface area contributed by atoms with Crippen LogP contribution >= 0.6 is 0 Å². The Morgan fingerprint density at radius 1 is 0.950 bits per heavy atom. The van der Waals surface area contributed by atoms with Crippen molar-refractivity contribution in [3.63, 3.8) is 0 Å². The van der Waals surface area contributed by atoms with Gasteiger partial charge in [-0.1, -0.05) is 48.5 Å². The zero-order chi connectivity index (χ0) is 14.2. The summed E-state index contributed by atoms with van der Waals surface area (Å²) in [4.78, 5) is 0.606. The van der Waals surface area contributed by atoms with Crippen molar-refractivity contribution < 1.29 is 13.2 Å². The van der Waals surface area contributed by atoms with Gasteiger partial charge in [-0.3, -0.25) is 4.90 Å². The van der Waals surface area contributed by atoms with Crippen LogP contribution in [0.2, 0.25) is 0 Å². The quantitative estimate of drug-likeness (QED) is 0.744. The summed E-state index contributed by atoms with van der Waals surface area (Å²) in [6.07, 6.45) is -3.51. The Kier molecular flexibility index (Phi) is 3.16. The third kappa shape index (κ3) is 2.38. The lowest BCUT2D eigenvalue weighted by atomic mass is 10.0. The van der Waals surface area contributed by atoms with Crippen molar-refractivity contribution in [3.05, 3.63) is 65.7 Å². The first kappa shape index (κ1) is 13.0. The van der Waals surface area contributed by atoms with E-state index in [2.05, 4.69) is 0 Å². The van der Waals surface area contributed by atoms with Crippen LogP contribution in [-0.4, -0.2) is 12.3 Å². The average Bonchev–Trinajstić information content (AvgIpc) is 2.77. The molecule has 1 aliphatic heterocycles. The van der Waals surface area contributed by atoms with Crippen LogP contribution in [0, 0.1) is 0 Å². The van der Waals surface area contributed by atoms with Crippen molar-refractivity contribution in [3.8, 4) is 0 Å². The molecule has 0 amide bonds. The lowest BCUT2D eigenvalue weighted by molar-refractivity contribution is -0.133. The molecule has 2 aromatic carbocycles.